The Kier molecular flexibility index (Phi) is 3.80. The van der Waals surface area contributed by atoms with Crippen LogP contribution in [-0.4, -0.2) is 14.8 Å². The van der Waals surface area contributed by atoms with Gasteiger partial charge in [0.25, 0.3) is 16.3 Å². The van der Waals surface area contributed by atoms with Gasteiger partial charge in [-0.1, -0.05) is 6.92 Å². The lowest BCUT2D eigenvalue weighted by Crippen LogP contribution is -2.30. The Morgan fingerprint density at radius 2 is 2.24 bits per heavy atom. The van der Waals surface area contributed by atoms with Crippen molar-refractivity contribution >= 4 is 12.2 Å². The summed E-state index contributed by atoms with van der Waals surface area (Å²) in [6.07, 6.45) is 5.20. The molecule has 3 rings (SSSR count). The van der Waals surface area contributed by atoms with E-state index >= 15 is 0 Å². The molecule has 1 N–H and O–H groups in total. The van der Waals surface area contributed by atoms with Gasteiger partial charge >= 0.3 is 0 Å². The van der Waals surface area contributed by atoms with Crippen molar-refractivity contribution in [2.45, 2.75) is 52.0 Å². The van der Waals surface area contributed by atoms with Crippen LogP contribution in [0.25, 0.3) is 11.5 Å². The van der Waals surface area contributed by atoms with Crippen molar-refractivity contribution < 1.29 is 4.42 Å². The quantitative estimate of drug-likeness (QED) is 0.883. The Balaban J connectivity index is 2.27. The maximum Gasteiger partial charge on any atom is 0.284 e. The van der Waals surface area contributed by atoms with Crippen molar-refractivity contribution in [2.24, 2.45) is 0 Å². The summed E-state index contributed by atoms with van der Waals surface area (Å²) >= 11 is 4.91. The first-order chi connectivity index (χ1) is 10.1. The zero-order valence-electron chi connectivity index (χ0n) is 12.3. The summed E-state index contributed by atoms with van der Waals surface area (Å²) in [6.45, 7) is 4.18. The minimum absolute atomic E-state index is 0.0322. The van der Waals surface area contributed by atoms with E-state index in [1.165, 1.54) is 11.3 Å². The minimum atomic E-state index is -0.0322. The summed E-state index contributed by atoms with van der Waals surface area (Å²) < 4.78 is 7.27. The number of nitrogens with zero attached hydrogens (tertiary/aromatic N) is 2. The summed E-state index contributed by atoms with van der Waals surface area (Å²) in [5.41, 5.74) is 2.89. The van der Waals surface area contributed by atoms with Crippen LogP contribution in [0, 0.1) is 4.84 Å². The van der Waals surface area contributed by atoms with Crippen LogP contribution < -0.4 is 5.56 Å². The molecule has 2 aromatic rings. The largest absolute Gasteiger partial charge is 0.409 e. The Bertz CT molecular complexity index is 772. The highest BCUT2D eigenvalue weighted by Gasteiger charge is 2.22. The lowest BCUT2D eigenvalue weighted by molar-refractivity contribution is 0.473. The van der Waals surface area contributed by atoms with Crippen LogP contribution in [0.1, 0.15) is 50.4 Å². The maximum atomic E-state index is 12.9. The van der Waals surface area contributed by atoms with Gasteiger partial charge in [0.1, 0.15) is 5.56 Å². The maximum absolute atomic E-state index is 12.9. The van der Waals surface area contributed by atoms with Gasteiger partial charge < -0.3 is 8.98 Å². The van der Waals surface area contributed by atoms with Gasteiger partial charge in [-0.25, -0.2) is 5.10 Å². The molecule has 112 valence electrons. The summed E-state index contributed by atoms with van der Waals surface area (Å²) in [4.78, 5) is 13.1. The van der Waals surface area contributed by atoms with Crippen molar-refractivity contribution in [2.75, 3.05) is 0 Å². The number of fused-ring (bicyclic) bond motifs is 1. The number of aryl methyl sites for hydroxylation is 1. The molecule has 0 aromatic carbocycles. The second-order valence-electron chi connectivity index (χ2n) is 5.59. The van der Waals surface area contributed by atoms with Gasteiger partial charge in [0.15, 0.2) is 0 Å². The van der Waals surface area contributed by atoms with Crippen molar-refractivity contribution in [1.82, 2.24) is 14.8 Å². The highest BCUT2D eigenvalue weighted by atomic mass is 32.1. The van der Waals surface area contributed by atoms with Crippen molar-refractivity contribution in [1.29, 1.82) is 0 Å². The van der Waals surface area contributed by atoms with Gasteiger partial charge in [-0.15, -0.1) is 5.10 Å². The van der Waals surface area contributed by atoms with E-state index in [1.54, 1.807) is 0 Å². The highest BCUT2D eigenvalue weighted by molar-refractivity contribution is 7.71. The smallest absolute Gasteiger partial charge is 0.284 e. The van der Waals surface area contributed by atoms with E-state index in [4.69, 9.17) is 16.6 Å². The predicted molar refractivity (Wildman–Crippen MR) is 83.0 cm³/mol. The molecule has 5 nitrogen and oxygen atoms in total. The Labute approximate surface area is 128 Å². The summed E-state index contributed by atoms with van der Waals surface area (Å²) in [6, 6.07) is 2.11. The first kappa shape index (κ1) is 14.3. The number of H-pyrrole nitrogens is 1. The first-order valence-corrected chi connectivity index (χ1v) is 7.85. The third-order valence-electron chi connectivity index (χ3n) is 4.24. The fourth-order valence-electron chi connectivity index (χ4n) is 2.98. The molecule has 6 heteroatoms. The van der Waals surface area contributed by atoms with Crippen LogP contribution >= 0.6 is 12.2 Å². The summed E-state index contributed by atoms with van der Waals surface area (Å²) in [7, 11) is 0. The molecular formula is C15H19N3O2S. The molecule has 1 atom stereocenters. The van der Waals surface area contributed by atoms with Gasteiger partial charge in [0.05, 0.1) is 0 Å². The van der Waals surface area contributed by atoms with Crippen LogP contribution in [0.3, 0.4) is 0 Å². The molecule has 1 unspecified atom stereocenters. The molecule has 0 amide bonds. The Morgan fingerprint density at radius 1 is 1.48 bits per heavy atom. The number of rotatable bonds is 3. The monoisotopic (exact) mass is 305 g/mol. The van der Waals surface area contributed by atoms with Gasteiger partial charge in [-0.05, 0) is 62.9 Å². The average molecular weight is 305 g/mol. The van der Waals surface area contributed by atoms with E-state index in [0.717, 1.165) is 32.1 Å². The van der Waals surface area contributed by atoms with Gasteiger partial charge in [0, 0.05) is 11.7 Å². The van der Waals surface area contributed by atoms with E-state index in [0.29, 0.717) is 5.56 Å². The lowest BCUT2D eigenvalue weighted by atomic mass is 9.93. The number of aromatic nitrogens is 3. The van der Waals surface area contributed by atoms with Gasteiger partial charge in [-0.2, -0.15) is 0 Å². The molecular weight excluding hydrogens is 286 g/mol. The van der Waals surface area contributed by atoms with Crippen LogP contribution in [-0.2, 0) is 12.8 Å². The molecule has 0 fully saturated rings. The zero-order chi connectivity index (χ0) is 15.0. The molecule has 0 aliphatic heterocycles. The van der Waals surface area contributed by atoms with E-state index in [9.17, 15) is 4.79 Å². The molecule has 1 aliphatic carbocycles. The number of pyridine rings is 1. The third-order valence-corrected chi connectivity index (χ3v) is 4.41. The molecule has 0 radical (unpaired) electrons. The number of nitrogens with one attached hydrogen (secondary N) is 1. The molecule has 2 heterocycles. The van der Waals surface area contributed by atoms with Crippen LogP contribution in [0.5, 0.6) is 0 Å². The Morgan fingerprint density at radius 3 is 2.90 bits per heavy atom. The second-order valence-corrected chi connectivity index (χ2v) is 5.96. The molecule has 2 aromatic heterocycles. The topological polar surface area (TPSA) is 63.8 Å². The summed E-state index contributed by atoms with van der Waals surface area (Å²) in [5, 5.41) is 6.60. The number of hydrogen-bond acceptors (Lipinski definition) is 4. The van der Waals surface area contributed by atoms with Crippen molar-refractivity contribution in [3.8, 4) is 11.5 Å². The molecule has 0 saturated heterocycles. The Hall–Kier alpha value is -1.69. The van der Waals surface area contributed by atoms with Crippen LogP contribution in [0.15, 0.2) is 15.3 Å². The SMILES string of the molecule is CCC(C)n1c2c(cc(-c3n[nH]c(=S)o3)c1=O)CCCC2. The second kappa shape index (κ2) is 5.60. The molecule has 1 aliphatic rings. The molecule has 0 bridgehead atoms. The van der Waals surface area contributed by atoms with E-state index in [2.05, 4.69) is 24.0 Å². The fourth-order valence-corrected chi connectivity index (χ4v) is 3.10. The van der Waals surface area contributed by atoms with E-state index in [-0.39, 0.29) is 22.3 Å². The van der Waals surface area contributed by atoms with Crippen molar-refractivity contribution in [3.63, 3.8) is 0 Å². The minimum Gasteiger partial charge on any atom is -0.409 e. The third kappa shape index (κ3) is 2.48. The predicted octanol–water partition coefficient (Wildman–Crippen LogP) is 3.41. The molecule has 0 spiro atoms. The molecule has 0 saturated carbocycles. The lowest BCUT2D eigenvalue weighted by Gasteiger charge is -2.25. The van der Waals surface area contributed by atoms with Crippen LogP contribution in [0.2, 0.25) is 0 Å². The zero-order valence-corrected chi connectivity index (χ0v) is 13.1. The van der Waals surface area contributed by atoms with Gasteiger partial charge in [-0.3, -0.25) is 4.79 Å². The normalized spacial score (nSPS) is 15.7. The first-order valence-electron chi connectivity index (χ1n) is 7.45. The molecule has 21 heavy (non-hydrogen) atoms. The van der Waals surface area contributed by atoms with E-state index in [1.807, 2.05) is 10.6 Å². The number of hydrogen-bond donors (Lipinski definition) is 1. The van der Waals surface area contributed by atoms with E-state index < -0.39 is 0 Å². The average Bonchev–Trinajstić information content (AvgIpc) is 2.92. The fraction of sp³-hybridized carbons (Fsp3) is 0.533. The van der Waals surface area contributed by atoms with Crippen molar-refractivity contribution in [3.05, 3.63) is 32.5 Å². The highest BCUT2D eigenvalue weighted by Crippen LogP contribution is 2.26. The van der Waals surface area contributed by atoms with Crippen LogP contribution in [0.4, 0.5) is 0 Å². The standard InChI is InChI=1S/C15H19N3O2S/c1-3-9(2)18-12-7-5-4-6-10(12)8-11(14(18)19)13-16-17-15(21)20-13/h8-9H,3-7H2,1-2H3,(H,17,21). The number of aromatic amines is 1. The van der Waals surface area contributed by atoms with Gasteiger partial charge in [0.2, 0.25) is 0 Å². The summed E-state index contributed by atoms with van der Waals surface area (Å²) in [5.74, 6) is 0.287.